The summed E-state index contributed by atoms with van der Waals surface area (Å²) in [5.41, 5.74) is 3.63. The minimum absolute atomic E-state index is 0.112. The summed E-state index contributed by atoms with van der Waals surface area (Å²) >= 11 is 6.86. The zero-order chi connectivity index (χ0) is 21.1. The first-order chi connectivity index (χ1) is 14.5. The van der Waals surface area contributed by atoms with Crippen LogP contribution in [-0.4, -0.2) is 11.6 Å². The Labute approximate surface area is 191 Å². The molecule has 0 aliphatic carbocycles. The molecule has 0 fully saturated rings. The zero-order valence-corrected chi connectivity index (χ0v) is 19.0. The highest BCUT2D eigenvalue weighted by molar-refractivity contribution is 9.10. The summed E-state index contributed by atoms with van der Waals surface area (Å²) in [6.45, 7) is 0. The summed E-state index contributed by atoms with van der Waals surface area (Å²) in [4.78, 5) is 26.7. The monoisotopic (exact) mass is 518 g/mol. The highest BCUT2D eigenvalue weighted by atomic mass is 79.9. The molecule has 30 heavy (non-hydrogen) atoms. The van der Waals surface area contributed by atoms with Crippen molar-refractivity contribution in [2.24, 2.45) is 0 Å². The normalized spacial score (nSPS) is 10.6. The first-order valence-electron chi connectivity index (χ1n) is 9.33. The Bertz CT molecular complexity index is 1210. The van der Waals surface area contributed by atoms with Gasteiger partial charge >= 0.3 is 0 Å². The van der Waals surface area contributed by atoms with Crippen molar-refractivity contribution >= 4 is 43.4 Å². The van der Waals surface area contributed by atoms with E-state index in [4.69, 9.17) is 0 Å². The van der Waals surface area contributed by atoms with E-state index < -0.39 is 0 Å². The van der Waals surface area contributed by atoms with Crippen molar-refractivity contribution in [3.05, 3.63) is 128 Å². The minimum Gasteiger partial charge on any atom is -0.289 e. The number of carbonyl (C=O) groups is 2. The van der Waals surface area contributed by atoms with Gasteiger partial charge in [0.05, 0.1) is 0 Å². The molecule has 0 amide bonds. The van der Waals surface area contributed by atoms with Crippen LogP contribution in [0.25, 0.3) is 11.1 Å². The van der Waals surface area contributed by atoms with Gasteiger partial charge in [-0.2, -0.15) is 0 Å². The first-order valence-corrected chi connectivity index (χ1v) is 10.9. The lowest BCUT2D eigenvalue weighted by atomic mass is 9.87. The van der Waals surface area contributed by atoms with Crippen molar-refractivity contribution in [2.75, 3.05) is 0 Å². The lowest BCUT2D eigenvalue weighted by Crippen LogP contribution is -2.10. The molecule has 4 heteroatoms. The molecule has 0 aliphatic heterocycles. The Balaban J connectivity index is 1.92. The Morgan fingerprint density at radius 1 is 0.500 bits per heavy atom. The second kappa shape index (κ2) is 8.90. The zero-order valence-electron chi connectivity index (χ0n) is 15.8. The quantitative estimate of drug-likeness (QED) is 0.258. The molecule has 2 nitrogen and oxygen atoms in total. The maximum atomic E-state index is 13.4. The van der Waals surface area contributed by atoms with Crippen molar-refractivity contribution in [1.82, 2.24) is 0 Å². The van der Waals surface area contributed by atoms with E-state index in [1.807, 2.05) is 54.6 Å². The lowest BCUT2D eigenvalue weighted by molar-refractivity contribution is 0.103. The molecule has 0 N–H and O–H groups in total. The van der Waals surface area contributed by atoms with Crippen molar-refractivity contribution in [2.45, 2.75) is 0 Å². The molecular weight excluding hydrogens is 504 g/mol. The maximum absolute atomic E-state index is 13.4. The molecular formula is C26H16Br2O2. The summed E-state index contributed by atoms with van der Waals surface area (Å²) in [7, 11) is 0. The number of hydrogen-bond donors (Lipinski definition) is 0. The molecule has 4 rings (SSSR count). The Morgan fingerprint density at radius 3 is 1.50 bits per heavy atom. The van der Waals surface area contributed by atoms with E-state index in [9.17, 15) is 9.59 Å². The van der Waals surface area contributed by atoms with Gasteiger partial charge in [-0.15, -0.1) is 0 Å². The van der Waals surface area contributed by atoms with Crippen LogP contribution in [0.3, 0.4) is 0 Å². The largest absolute Gasteiger partial charge is 0.289 e. The Morgan fingerprint density at radius 2 is 0.967 bits per heavy atom. The molecule has 0 aromatic heterocycles. The maximum Gasteiger partial charge on any atom is 0.193 e. The highest BCUT2D eigenvalue weighted by Crippen LogP contribution is 2.32. The van der Waals surface area contributed by atoms with Gasteiger partial charge < -0.3 is 0 Å². The number of rotatable bonds is 5. The molecule has 0 aliphatic rings. The van der Waals surface area contributed by atoms with E-state index >= 15 is 0 Å². The summed E-state index contributed by atoms with van der Waals surface area (Å²) in [5.74, 6) is -0.234. The van der Waals surface area contributed by atoms with Crippen molar-refractivity contribution in [3.63, 3.8) is 0 Å². The van der Waals surface area contributed by atoms with Gasteiger partial charge in [0.1, 0.15) is 0 Å². The number of benzene rings is 4. The van der Waals surface area contributed by atoms with Crippen LogP contribution in [0.5, 0.6) is 0 Å². The lowest BCUT2D eigenvalue weighted by Gasteiger charge is -2.15. The van der Waals surface area contributed by atoms with Crippen LogP contribution >= 0.6 is 31.9 Å². The van der Waals surface area contributed by atoms with E-state index in [-0.39, 0.29) is 11.6 Å². The van der Waals surface area contributed by atoms with Crippen LogP contribution < -0.4 is 0 Å². The number of hydrogen-bond acceptors (Lipinski definition) is 2. The molecule has 4 aromatic carbocycles. The average molecular weight is 520 g/mol. The number of carbonyl (C=O) groups excluding carboxylic acids is 2. The predicted molar refractivity (Wildman–Crippen MR) is 127 cm³/mol. The van der Waals surface area contributed by atoms with Crippen molar-refractivity contribution in [3.8, 4) is 11.1 Å². The summed E-state index contributed by atoms with van der Waals surface area (Å²) < 4.78 is 1.83. The molecule has 0 atom stereocenters. The van der Waals surface area contributed by atoms with Crippen LogP contribution in [0.4, 0.5) is 0 Å². The minimum atomic E-state index is -0.122. The third-order valence-electron chi connectivity index (χ3n) is 4.83. The van der Waals surface area contributed by atoms with Crippen molar-refractivity contribution in [1.29, 1.82) is 0 Å². The van der Waals surface area contributed by atoms with Crippen LogP contribution in [0, 0.1) is 0 Å². The topological polar surface area (TPSA) is 34.1 Å². The van der Waals surface area contributed by atoms with Crippen LogP contribution in [0.1, 0.15) is 31.8 Å². The van der Waals surface area contributed by atoms with Crippen molar-refractivity contribution < 1.29 is 9.59 Å². The van der Waals surface area contributed by atoms with Gasteiger partial charge in [-0.3, -0.25) is 9.59 Å². The van der Waals surface area contributed by atoms with Crippen LogP contribution in [0.2, 0.25) is 0 Å². The molecule has 0 radical (unpaired) electrons. The Kier molecular flexibility index (Phi) is 6.07. The van der Waals surface area contributed by atoms with E-state index in [2.05, 4.69) is 31.9 Å². The SMILES string of the molecule is O=C(c1ccccc1)c1cccc(C(=O)c2ccc(Br)cc2)c1-c1ccc(Br)cc1. The molecule has 0 unspecified atom stereocenters. The Hall–Kier alpha value is -2.82. The highest BCUT2D eigenvalue weighted by Gasteiger charge is 2.22. The molecule has 0 saturated carbocycles. The predicted octanol–water partition coefficient (Wildman–Crippen LogP) is 7.34. The van der Waals surface area contributed by atoms with E-state index in [1.165, 1.54) is 0 Å². The fourth-order valence-corrected chi connectivity index (χ4v) is 3.89. The van der Waals surface area contributed by atoms with Gasteiger partial charge in [0, 0.05) is 36.8 Å². The average Bonchev–Trinajstić information content (AvgIpc) is 2.79. The molecule has 0 bridgehead atoms. The van der Waals surface area contributed by atoms with Gasteiger partial charge in [-0.25, -0.2) is 0 Å². The van der Waals surface area contributed by atoms with Gasteiger partial charge in [-0.05, 0) is 42.0 Å². The fraction of sp³-hybridized carbons (Fsp3) is 0. The molecule has 0 spiro atoms. The molecule has 0 saturated heterocycles. The second-order valence-corrected chi connectivity index (χ2v) is 8.60. The first kappa shape index (κ1) is 20.5. The van der Waals surface area contributed by atoms with Gasteiger partial charge in [0.15, 0.2) is 11.6 Å². The summed E-state index contributed by atoms with van der Waals surface area (Å²) in [5, 5.41) is 0. The number of halogens is 2. The van der Waals surface area contributed by atoms with Gasteiger partial charge in [0.25, 0.3) is 0 Å². The second-order valence-electron chi connectivity index (χ2n) is 6.77. The van der Waals surface area contributed by atoms with Crippen LogP contribution in [0.15, 0.2) is 106 Å². The smallest absolute Gasteiger partial charge is 0.193 e. The molecule has 146 valence electrons. The van der Waals surface area contributed by atoms with Crippen LogP contribution in [-0.2, 0) is 0 Å². The summed E-state index contributed by atoms with van der Waals surface area (Å²) in [6, 6.07) is 29.3. The molecule has 0 heterocycles. The summed E-state index contributed by atoms with van der Waals surface area (Å²) in [6.07, 6.45) is 0. The number of ketones is 2. The third kappa shape index (κ3) is 4.20. The third-order valence-corrected chi connectivity index (χ3v) is 5.89. The van der Waals surface area contributed by atoms with E-state index in [0.29, 0.717) is 27.8 Å². The van der Waals surface area contributed by atoms with Gasteiger partial charge in [-0.1, -0.05) is 92.5 Å². The molecule has 4 aromatic rings. The van der Waals surface area contributed by atoms with Gasteiger partial charge in [0.2, 0.25) is 0 Å². The van der Waals surface area contributed by atoms with E-state index in [0.717, 1.165) is 14.5 Å². The van der Waals surface area contributed by atoms with E-state index in [1.54, 1.807) is 42.5 Å². The standard InChI is InChI=1S/C26H16Br2O2/c27-20-13-9-17(10-14-20)24-22(25(29)18-5-2-1-3-6-18)7-4-8-23(24)26(30)19-11-15-21(28)16-12-19/h1-16H. The fourth-order valence-electron chi connectivity index (χ4n) is 3.36.